The van der Waals surface area contributed by atoms with E-state index in [1.54, 1.807) is 6.08 Å². The summed E-state index contributed by atoms with van der Waals surface area (Å²) in [7, 11) is 0. The van der Waals surface area contributed by atoms with Crippen molar-refractivity contribution in [3.63, 3.8) is 0 Å². The van der Waals surface area contributed by atoms with Gasteiger partial charge in [-0.15, -0.1) is 0 Å². The Balaban J connectivity index is 2.85. The predicted molar refractivity (Wildman–Crippen MR) is 51.9 cm³/mol. The SMILES string of the molecule is C/C=C\C=C(\O)c1ccccc1. The highest BCUT2D eigenvalue weighted by Crippen LogP contribution is 2.09. The summed E-state index contributed by atoms with van der Waals surface area (Å²) >= 11 is 0. The smallest absolute Gasteiger partial charge is 0.122 e. The van der Waals surface area contributed by atoms with Gasteiger partial charge < -0.3 is 5.11 Å². The van der Waals surface area contributed by atoms with Crippen LogP contribution in [0.5, 0.6) is 0 Å². The molecule has 1 heteroatoms. The summed E-state index contributed by atoms with van der Waals surface area (Å²) in [5, 5.41) is 9.46. The third-order valence-electron chi connectivity index (χ3n) is 1.52. The van der Waals surface area contributed by atoms with Crippen molar-refractivity contribution in [2.45, 2.75) is 6.92 Å². The first kappa shape index (κ1) is 8.60. The van der Waals surface area contributed by atoms with Crippen LogP contribution in [0.3, 0.4) is 0 Å². The van der Waals surface area contributed by atoms with Gasteiger partial charge in [0.1, 0.15) is 5.76 Å². The first-order chi connectivity index (χ1) is 5.84. The number of hydrogen-bond acceptors (Lipinski definition) is 1. The average Bonchev–Trinajstić information content (AvgIpc) is 2.15. The van der Waals surface area contributed by atoms with Crippen LogP contribution in [0, 0.1) is 0 Å². The average molecular weight is 160 g/mol. The van der Waals surface area contributed by atoms with Crippen molar-refractivity contribution < 1.29 is 5.11 Å². The molecule has 0 aromatic heterocycles. The second kappa shape index (κ2) is 4.39. The topological polar surface area (TPSA) is 20.2 Å². The second-order valence-electron chi connectivity index (χ2n) is 2.44. The molecule has 0 atom stereocenters. The van der Waals surface area contributed by atoms with Crippen molar-refractivity contribution >= 4 is 5.76 Å². The molecule has 0 saturated heterocycles. The van der Waals surface area contributed by atoms with Crippen molar-refractivity contribution in [2.75, 3.05) is 0 Å². The van der Waals surface area contributed by atoms with Gasteiger partial charge in [0.2, 0.25) is 0 Å². The fraction of sp³-hybridized carbons (Fsp3) is 0.0909. The molecule has 0 aliphatic carbocycles. The summed E-state index contributed by atoms with van der Waals surface area (Å²) in [4.78, 5) is 0. The van der Waals surface area contributed by atoms with Crippen LogP contribution in [0.2, 0.25) is 0 Å². The lowest BCUT2D eigenvalue weighted by Crippen LogP contribution is -1.79. The molecule has 1 aromatic carbocycles. The molecule has 0 aliphatic rings. The minimum atomic E-state index is 0.300. The van der Waals surface area contributed by atoms with E-state index >= 15 is 0 Å². The van der Waals surface area contributed by atoms with Gasteiger partial charge in [-0.2, -0.15) is 0 Å². The predicted octanol–water partition coefficient (Wildman–Crippen LogP) is 3.16. The van der Waals surface area contributed by atoms with Crippen molar-refractivity contribution in [1.82, 2.24) is 0 Å². The van der Waals surface area contributed by atoms with E-state index in [9.17, 15) is 5.11 Å². The fourth-order valence-electron chi connectivity index (χ4n) is 0.893. The molecule has 62 valence electrons. The summed E-state index contributed by atoms with van der Waals surface area (Å²) in [5.74, 6) is 0.300. The number of hydrogen-bond donors (Lipinski definition) is 1. The zero-order chi connectivity index (χ0) is 8.81. The molecule has 1 nitrogen and oxygen atoms in total. The van der Waals surface area contributed by atoms with Gasteiger partial charge in [-0.25, -0.2) is 0 Å². The highest BCUT2D eigenvalue weighted by molar-refractivity contribution is 5.59. The Morgan fingerprint density at radius 3 is 2.50 bits per heavy atom. The van der Waals surface area contributed by atoms with E-state index in [0.717, 1.165) is 5.56 Å². The Kier molecular flexibility index (Phi) is 3.15. The van der Waals surface area contributed by atoms with Gasteiger partial charge in [0, 0.05) is 5.56 Å². The van der Waals surface area contributed by atoms with Gasteiger partial charge in [0.25, 0.3) is 0 Å². The van der Waals surface area contributed by atoms with E-state index in [1.165, 1.54) is 0 Å². The van der Waals surface area contributed by atoms with Crippen LogP contribution in [-0.4, -0.2) is 5.11 Å². The van der Waals surface area contributed by atoms with Crippen molar-refractivity contribution in [3.05, 3.63) is 54.1 Å². The van der Waals surface area contributed by atoms with Crippen LogP contribution in [0.15, 0.2) is 48.6 Å². The van der Waals surface area contributed by atoms with Gasteiger partial charge in [-0.3, -0.25) is 0 Å². The second-order valence-corrected chi connectivity index (χ2v) is 2.44. The van der Waals surface area contributed by atoms with E-state index < -0.39 is 0 Å². The molecule has 0 spiro atoms. The summed E-state index contributed by atoms with van der Waals surface area (Å²) in [6, 6.07) is 9.46. The Hall–Kier alpha value is -1.50. The van der Waals surface area contributed by atoms with E-state index in [-0.39, 0.29) is 0 Å². The highest BCUT2D eigenvalue weighted by Gasteiger charge is 1.93. The number of rotatable bonds is 2. The molecule has 1 rings (SSSR count). The Morgan fingerprint density at radius 2 is 1.92 bits per heavy atom. The molecule has 1 aromatic rings. The summed E-state index contributed by atoms with van der Waals surface area (Å²) in [6.07, 6.45) is 5.36. The van der Waals surface area contributed by atoms with E-state index in [2.05, 4.69) is 0 Å². The quantitative estimate of drug-likeness (QED) is 0.520. The molecule has 0 unspecified atom stereocenters. The molecule has 0 fully saturated rings. The normalized spacial score (nSPS) is 12.2. The molecule has 0 radical (unpaired) electrons. The third-order valence-corrected chi connectivity index (χ3v) is 1.52. The highest BCUT2D eigenvalue weighted by atomic mass is 16.3. The summed E-state index contributed by atoms with van der Waals surface area (Å²) < 4.78 is 0. The molecular weight excluding hydrogens is 148 g/mol. The lowest BCUT2D eigenvalue weighted by Gasteiger charge is -1.96. The number of aliphatic hydroxyl groups is 1. The molecule has 0 saturated carbocycles. The molecule has 0 amide bonds. The van der Waals surface area contributed by atoms with Crippen molar-refractivity contribution in [1.29, 1.82) is 0 Å². The molecule has 0 bridgehead atoms. The maximum Gasteiger partial charge on any atom is 0.122 e. The Bertz CT molecular complexity index is 283. The standard InChI is InChI=1S/C11H12O/c1-2-3-9-11(12)10-7-5-4-6-8-10/h2-9,12H,1H3/b3-2-,11-9+. The van der Waals surface area contributed by atoms with Gasteiger partial charge in [0.15, 0.2) is 0 Å². The van der Waals surface area contributed by atoms with E-state index in [0.29, 0.717) is 5.76 Å². The Labute approximate surface area is 72.7 Å². The summed E-state index contributed by atoms with van der Waals surface area (Å²) in [6.45, 7) is 1.91. The lowest BCUT2D eigenvalue weighted by molar-refractivity contribution is 0.512. The van der Waals surface area contributed by atoms with Crippen LogP contribution < -0.4 is 0 Å². The minimum absolute atomic E-state index is 0.300. The van der Waals surface area contributed by atoms with Crippen LogP contribution >= 0.6 is 0 Å². The van der Waals surface area contributed by atoms with Gasteiger partial charge >= 0.3 is 0 Å². The van der Waals surface area contributed by atoms with Crippen molar-refractivity contribution in [2.24, 2.45) is 0 Å². The van der Waals surface area contributed by atoms with E-state index in [1.807, 2.05) is 49.4 Å². The molecule has 0 aliphatic heterocycles. The molecule has 12 heavy (non-hydrogen) atoms. The Morgan fingerprint density at radius 1 is 1.25 bits per heavy atom. The van der Waals surface area contributed by atoms with Crippen LogP contribution in [0.4, 0.5) is 0 Å². The maximum atomic E-state index is 9.46. The van der Waals surface area contributed by atoms with Crippen molar-refractivity contribution in [3.8, 4) is 0 Å². The zero-order valence-electron chi connectivity index (χ0n) is 7.07. The monoisotopic (exact) mass is 160 g/mol. The zero-order valence-corrected chi connectivity index (χ0v) is 7.07. The first-order valence-corrected chi connectivity index (χ1v) is 3.92. The van der Waals surface area contributed by atoms with Gasteiger partial charge in [-0.1, -0.05) is 42.5 Å². The molecule has 1 N–H and O–H groups in total. The van der Waals surface area contributed by atoms with Gasteiger partial charge in [-0.05, 0) is 13.0 Å². The lowest BCUT2D eigenvalue weighted by atomic mass is 10.2. The van der Waals surface area contributed by atoms with Gasteiger partial charge in [0.05, 0.1) is 0 Å². The number of benzene rings is 1. The number of aliphatic hydroxyl groups excluding tert-OH is 1. The molecule has 0 heterocycles. The summed E-state index contributed by atoms with van der Waals surface area (Å²) in [5.41, 5.74) is 0.843. The minimum Gasteiger partial charge on any atom is -0.507 e. The van der Waals surface area contributed by atoms with Crippen LogP contribution in [0.1, 0.15) is 12.5 Å². The first-order valence-electron chi connectivity index (χ1n) is 3.92. The maximum absolute atomic E-state index is 9.46. The third kappa shape index (κ3) is 2.27. The largest absolute Gasteiger partial charge is 0.507 e. The van der Waals surface area contributed by atoms with E-state index in [4.69, 9.17) is 0 Å². The number of allylic oxidation sites excluding steroid dienone is 3. The van der Waals surface area contributed by atoms with Crippen LogP contribution in [-0.2, 0) is 0 Å². The fourth-order valence-corrected chi connectivity index (χ4v) is 0.893. The van der Waals surface area contributed by atoms with Crippen LogP contribution in [0.25, 0.3) is 5.76 Å². The molecular formula is C11H12O.